The Balaban J connectivity index is 2.05. The highest BCUT2D eigenvalue weighted by Gasteiger charge is 2.62. The van der Waals surface area contributed by atoms with E-state index in [9.17, 15) is 9.18 Å². The molecule has 2 aliphatic rings. The van der Waals surface area contributed by atoms with Crippen molar-refractivity contribution in [3.8, 4) is 5.69 Å². The number of nitrogens with zero attached hydrogens (tertiary/aromatic N) is 2. The Morgan fingerprint density at radius 2 is 2.00 bits per heavy atom. The Kier molecular flexibility index (Phi) is 2.80. The zero-order valence-electron chi connectivity index (χ0n) is 13.8. The van der Waals surface area contributed by atoms with Crippen molar-refractivity contribution in [1.82, 2.24) is 9.36 Å². The second-order valence-corrected chi connectivity index (χ2v) is 8.05. The van der Waals surface area contributed by atoms with Crippen molar-refractivity contribution in [3.63, 3.8) is 0 Å². The highest BCUT2D eigenvalue weighted by molar-refractivity contribution is 6.32. The van der Waals surface area contributed by atoms with E-state index in [1.165, 1.54) is 22.9 Å². The fourth-order valence-electron chi connectivity index (χ4n) is 4.94. The molecule has 0 amide bonds. The Labute approximate surface area is 139 Å². The van der Waals surface area contributed by atoms with Crippen molar-refractivity contribution in [2.24, 2.45) is 12.5 Å². The molecular weight excluding hydrogens is 315 g/mol. The number of aromatic nitrogens is 2. The number of hydrogen-bond acceptors (Lipinski definition) is 1. The average molecular weight is 335 g/mol. The van der Waals surface area contributed by atoms with Gasteiger partial charge in [0, 0.05) is 24.1 Å². The lowest BCUT2D eigenvalue weighted by Gasteiger charge is -2.36. The Bertz CT molecular complexity index is 895. The number of benzene rings is 1. The summed E-state index contributed by atoms with van der Waals surface area (Å²) in [6.45, 7) is 6.75. The van der Waals surface area contributed by atoms with Gasteiger partial charge in [-0.2, -0.15) is 0 Å². The van der Waals surface area contributed by atoms with Gasteiger partial charge in [0.1, 0.15) is 5.82 Å². The predicted octanol–water partition coefficient (Wildman–Crippen LogP) is 4.14. The number of rotatable bonds is 1. The van der Waals surface area contributed by atoms with Crippen LogP contribution in [-0.2, 0) is 12.5 Å². The van der Waals surface area contributed by atoms with Crippen LogP contribution in [0.1, 0.15) is 50.8 Å². The van der Waals surface area contributed by atoms with Crippen LogP contribution in [0.15, 0.2) is 23.0 Å². The summed E-state index contributed by atoms with van der Waals surface area (Å²) in [5.74, 6) is -0.137. The molecule has 3 nitrogen and oxygen atoms in total. The molecule has 0 N–H and O–H groups in total. The van der Waals surface area contributed by atoms with Gasteiger partial charge in [-0.1, -0.05) is 32.4 Å². The van der Waals surface area contributed by atoms with Crippen LogP contribution < -0.4 is 5.56 Å². The molecule has 1 aromatic carbocycles. The van der Waals surface area contributed by atoms with Crippen molar-refractivity contribution < 1.29 is 4.39 Å². The largest absolute Gasteiger partial charge is 0.284 e. The Morgan fingerprint density at radius 1 is 1.30 bits per heavy atom. The lowest BCUT2D eigenvalue weighted by atomic mass is 9.70. The normalized spacial score (nSPS) is 27.5. The van der Waals surface area contributed by atoms with E-state index < -0.39 is 5.82 Å². The molecule has 0 aliphatic heterocycles. The maximum atomic E-state index is 13.7. The summed E-state index contributed by atoms with van der Waals surface area (Å²) in [6, 6.07) is 4.13. The van der Waals surface area contributed by atoms with Gasteiger partial charge in [0.25, 0.3) is 5.56 Å². The minimum Gasteiger partial charge on any atom is -0.284 e. The second-order valence-electron chi connectivity index (χ2n) is 7.64. The van der Waals surface area contributed by atoms with Gasteiger partial charge in [-0.05, 0) is 36.3 Å². The minimum atomic E-state index is -0.396. The fourth-order valence-corrected chi connectivity index (χ4v) is 5.14. The summed E-state index contributed by atoms with van der Waals surface area (Å²) in [5, 5.41) is 0.379. The second kappa shape index (κ2) is 4.29. The lowest BCUT2D eigenvalue weighted by Crippen LogP contribution is -2.35. The van der Waals surface area contributed by atoms with Crippen molar-refractivity contribution in [2.75, 3.05) is 0 Å². The van der Waals surface area contributed by atoms with E-state index in [0.29, 0.717) is 10.7 Å². The molecule has 1 aromatic heterocycles. The number of hydrogen-bond donors (Lipinski definition) is 0. The average Bonchev–Trinajstić information content (AvgIpc) is 2.94. The Morgan fingerprint density at radius 3 is 2.65 bits per heavy atom. The van der Waals surface area contributed by atoms with Crippen LogP contribution in [0.3, 0.4) is 0 Å². The molecule has 2 unspecified atom stereocenters. The summed E-state index contributed by atoms with van der Waals surface area (Å²) >= 11 is 6.24. The van der Waals surface area contributed by atoms with Crippen molar-refractivity contribution in [2.45, 2.75) is 44.9 Å². The first-order valence-electron chi connectivity index (χ1n) is 7.98. The smallest absolute Gasteiger partial charge is 0.275 e. The summed E-state index contributed by atoms with van der Waals surface area (Å²) in [7, 11) is 1.88. The molecule has 1 saturated carbocycles. The molecule has 23 heavy (non-hydrogen) atoms. The molecule has 2 aliphatic carbocycles. The standard InChI is InChI=1S/C18H20ClFN2O/c1-17(2)11-7-8-18(17,3)15-14(11)16(23)22(21(15)4)13-9-10(20)5-6-12(13)19/h5-6,9,11H,7-8H2,1-4H3. The van der Waals surface area contributed by atoms with E-state index in [1.54, 1.807) is 0 Å². The van der Waals surface area contributed by atoms with Gasteiger partial charge in [0.15, 0.2) is 0 Å². The summed E-state index contributed by atoms with van der Waals surface area (Å²) in [5.41, 5.74) is 2.37. The minimum absolute atomic E-state index is 0.0358. The molecule has 1 heterocycles. The maximum Gasteiger partial charge on any atom is 0.275 e. The SMILES string of the molecule is Cn1c2c(c(=O)n1-c1cc(F)ccc1Cl)C1CCC2(C)C1(C)C. The molecule has 2 atom stereocenters. The van der Waals surface area contributed by atoms with Gasteiger partial charge in [0.05, 0.1) is 16.4 Å². The lowest BCUT2D eigenvalue weighted by molar-refractivity contribution is 0.218. The van der Waals surface area contributed by atoms with E-state index >= 15 is 0 Å². The van der Waals surface area contributed by atoms with Crippen LogP contribution >= 0.6 is 11.6 Å². The molecule has 5 heteroatoms. The molecular formula is C18H20ClFN2O. The third-order valence-electron chi connectivity index (χ3n) is 6.54. The van der Waals surface area contributed by atoms with Crippen LogP contribution in [0.4, 0.5) is 4.39 Å². The predicted molar refractivity (Wildman–Crippen MR) is 89.1 cm³/mol. The maximum absolute atomic E-state index is 13.7. The molecule has 2 aromatic rings. The quantitative estimate of drug-likeness (QED) is 0.770. The Hall–Kier alpha value is -1.55. The van der Waals surface area contributed by atoms with E-state index in [0.717, 1.165) is 24.1 Å². The molecule has 0 saturated heterocycles. The van der Waals surface area contributed by atoms with Crippen LogP contribution in [-0.4, -0.2) is 9.36 Å². The molecule has 1 fully saturated rings. The van der Waals surface area contributed by atoms with Crippen LogP contribution in [0.25, 0.3) is 5.69 Å². The van der Waals surface area contributed by atoms with Crippen LogP contribution in [0, 0.1) is 11.2 Å². The van der Waals surface area contributed by atoms with Gasteiger partial charge >= 0.3 is 0 Å². The summed E-state index contributed by atoms with van der Waals surface area (Å²) in [6.07, 6.45) is 2.11. The first-order chi connectivity index (χ1) is 10.7. The van der Waals surface area contributed by atoms with Gasteiger partial charge < -0.3 is 0 Å². The first-order valence-corrected chi connectivity index (χ1v) is 8.36. The van der Waals surface area contributed by atoms with E-state index in [4.69, 9.17) is 11.6 Å². The third kappa shape index (κ3) is 1.58. The van der Waals surface area contributed by atoms with Crippen molar-refractivity contribution in [3.05, 3.63) is 50.7 Å². The molecule has 2 bridgehead atoms. The zero-order valence-corrected chi connectivity index (χ0v) is 14.5. The van der Waals surface area contributed by atoms with E-state index in [2.05, 4.69) is 20.8 Å². The van der Waals surface area contributed by atoms with Gasteiger partial charge in [-0.3, -0.25) is 9.48 Å². The number of halogens is 2. The van der Waals surface area contributed by atoms with Gasteiger partial charge in [0.2, 0.25) is 0 Å². The van der Waals surface area contributed by atoms with Gasteiger partial charge in [-0.25, -0.2) is 9.07 Å². The molecule has 0 spiro atoms. The fraction of sp³-hybridized carbons (Fsp3) is 0.500. The highest BCUT2D eigenvalue weighted by Crippen LogP contribution is 2.66. The zero-order chi connectivity index (χ0) is 16.7. The first kappa shape index (κ1) is 15.0. The molecule has 4 rings (SSSR count). The van der Waals surface area contributed by atoms with E-state index in [1.807, 2.05) is 11.7 Å². The summed E-state index contributed by atoms with van der Waals surface area (Å²) < 4.78 is 17.1. The van der Waals surface area contributed by atoms with Gasteiger partial charge in [-0.15, -0.1) is 0 Å². The summed E-state index contributed by atoms with van der Waals surface area (Å²) in [4.78, 5) is 13.1. The van der Waals surface area contributed by atoms with Crippen molar-refractivity contribution >= 4 is 11.6 Å². The van der Waals surface area contributed by atoms with Crippen LogP contribution in [0.5, 0.6) is 0 Å². The van der Waals surface area contributed by atoms with Crippen molar-refractivity contribution in [1.29, 1.82) is 0 Å². The van der Waals surface area contributed by atoms with E-state index in [-0.39, 0.29) is 22.3 Å². The topological polar surface area (TPSA) is 26.9 Å². The monoisotopic (exact) mass is 334 g/mol. The third-order valence-corrected chi connectivity index (χ3v) is 6.85. The molecule has 122 valence electrons. The van der Waals surface area contributed by atoms with Crippen LogP contribution in [0.2, 0.25) is 5.02 Å². The highest BCUT2D eigenvalue weighted by atomic mass is 35.5. The number of fused-ring (bicyclic) bond motifs is 5. The molecule has 0 radical (unpaired) electrons.